The molecule has 0 atom stereocenters. The lowest BCUT2D eigenvalue weighted by Crippen LogP contribution is -2.05. The van der Waals surface area contributed by atoms with Gasteiger partial charge in [0.25, 0.3) is 0 Å². The Balaban J connectivity index is 2.36. The molecule has 1 aromatic heterocycles. The number of fused-ring (bicyclic) bond motifs is 1. The molecular weight excluding hydrogens is 310 g/mol. The van der Waals surface area contributed by atoms with E-state index in [1.807, 2.05) is 24.5 Å². The van der Waals surface area contributed by atoms with Crippen molar-refractivity contribution < 1.29 is 0 Å². The molecule has 0 saturated carbocycles. The summed E-state index contributed by atoms with van der Waals surface area (Å²) in [6.45, 7) is 3.12. The van der Waals surface area contributed by atoms with Crippen LogP contribution in [-0.4, -0.2) is 22.8 Å². The smallest absolute Gasteiger partial charge is 0.159 e. The Morgan fingerprint density at radius 2 is 2.11 bits per heavy atom. The van der Waals surface area contributed by atoms with E-state index in [2.05, 4.69) is 38.1 Å². The summed E-state index contributed by atoms with van der Waals surface area (Å²) in [5.41, 5.74) is 1.85. The van der Waals surface area contributed by atoms with Crippen molar-refractivity contribution >= 4 is 44.5 Å². The van der Waals surface area contributed by atoms with Gasteiger partial charge in [0, 0.05) is 11.0 Å². The second kappa shape index (κ2) is 6.38. The summed E-state index contributed by atoms with van der Waals surface area (Å²) in [4.78, 5) is 9.28. The van der Waals surface area contributed by atoms with Crippen LogP contribution in [0.1, 0.15) is 19.8 Å². The minimum Gasteiger partial charge on any atom is -0.368 e. The van der Waals surface area contributed by atoms with E-state index in [1.54, 1.807) is 11.8 Å². The van der Waals surface area contributed by atoms with Gasteiger partial charge in [-0.15, -0.1) is 11.8 Å². The topological polar surface area (TPSA) is 37.8 Å². The molecule has 0 radical (unpaired) electrons. The van der Waals surface area contributed by atoms with Crippen LogP contribution in [0.25, 0.3) is 11.0 Å². The van der Waals surface area contributed by atoms with Crippen molar-refractivity contribution in [2.45, 2.75) is 24.8 Å². The molecular formula is C13H16BrN3S. The molecule has 96 valence electrons. The summed E-state index contributed by atoms with van der Waals surface area (Å²) in [6.07, 6.45) is 4.35. The molecule has 0 aliphatic rings. The Morgan fingerprint density at radius 3 is 2.83 bits per heavy atom. The monoisotopic (exact) mass is 325 g/mol. The number of unbranched alkanes of at least 4 members (excludes halogenated alkanes) is 1. The molecule has 0 amide bonds. The van der Waals surface area contributed by atoms with Crippen molar-refractivity contribution in [3.63, 3.8) is 0 Å². The first-order chi connectivity index (χ1) is 8.74. The predicted octanol–water partition coefficient (Wildman–Crippen LogP) is 4.33. The number of hydrogen-bond donors (Lipinski definition) is 1. The number of hydrogen-bond acceptors (Lipinski definition) is 4. The van der Waals surface area contributed by atoms with Gasteiger partial charge < -0.3 is 5.32 Å². The van der Waals surface area contributed by atoms with E-state index in [4.69, 9.17) is 0 Å². The number of halogens is 1. The second-order valence-corrected chi connectivity index (χ2v) is 5.71. The summed E-state index contributed by atoms with van der Waals surface area (Å²) in [6, 6.07) is 5.98. The van der Waals surface area contributed by atoms with Gasteiger partial charge in [-0.25, -0.2) is 9.97 Å². The number of anilines is 1. The SMILES string of the molecule is CCCCNc1nc2cc(Br)ccc2nc1SC. The van der Waals surface area contributed by atoms with Crippen molar-refractivity contribution in [3.8, 4) is 0 Å². The fourth-order valence-corrected chi connectivity index (χ4v) is 2.50. The Morgan fingerprint density at radius 1 is 1.28 bits per heavy atom. The predicted molar refractivity (Wildman–Crippen MR) is 82.4 cm³/mol. The van der Waals surface area contributed by atoms with Crippen LogP contribution in [0, 0.1) is 0 Å². The van der Waals surface area contributed by atoms with Gasteiger partial charge in [-0.1, -0.05) is 29.3 Å². The maximum absolute atomic E-state index is 4.65. The zero-order valence-electron chi connectivity index (χ0n) is 10.5. The highest BCUT2D eigenvalue weighted by molar-refractivity contribution is 9.10. The molecule has 0 aliphatic carbocycles. The molecule has 0 saturated heterocycles. The largest absolute Gasteiger partial charge is 0.368 e. The molecule has 0 bridgehead atoms. The van der Waals surface area contributed by atoms with Crippen LogP contribution in [0.15, 0.2) is 27.7 Å². The highest BCUT2D eigenvalue weighted by Gasteiger charge is 2.07. The van der Waals surface area contributed by atoms with Crippen molar-refractivity contribution in [1.82, 2.24) is 9.97 Å². The summed E-state index contributed by atoms with van der Waals surface area (Å²) >= 11 is 5.09. The highest BCUT2D eigenvalue weighted by Crippen LogP contribution is 2.25. The fourth-order valence-electron chi connectivity index (χ4n) is 1.65. The normalized spacial score (nSPS) is 10.8. The first kappa shape index (κ1) is 13.6. The average molecular weight is 326 g/mol. The Hall–Kier alpha value is -0.810. The van der Waals surface area contributed by atoms with E-state index < -0.39 is 0 Å². The first-order valence-electron chi connectivity index (χ1n) is 5.99. The Labute approximate surface area is 120 Å². The quantitative estimate of drug-likeness (QED) is 0.656. The lowest BCUT2D eigenvalue weighted by Gasteiger charge is -2.10. The van der Waals surface area contributed by atoms with Crippen LogP contribution in [0.5, 0.6) is 0 Å². The third-order valence-electron chi connectivity index (χ3n) is 2.61. The van der Waals surface area contributed by atoms with Gasteiger partial charge in [0.15, 0.2) is 5.82 Å². The standard InChI is InChI=1S/C13H16BrN3S/c1-3-4-7-15-12-13(18-2)17-10-6-5-9(14)8-11(10)16-12/h5-6,8H,3-4,7H2,1-2H3,(H,15,16). The van der Waals surface area contributed by atoms with E-state index in [-0.39, 0.29) is 0 Å². The molecule has 3 nitrogen and oxygen atoms in total. The molecule has 2 aromatic rings. The zero-order chi connectivity index (χ0) is 13.0. The van der Waals surface area contributed by atoms with Crippen LogP contribution in [0.2, 0.25) is 0 Å². The summed E-state index contributed by atoms with van der Waals surface area (Å²) in [5.74, 6) is 0.890. The van der Waals surface area contributed by atoms with E-state index >= 15 is 0 Å². The maximum Gasteiger partial charge on any atom is 0.159 e. The molecule has 1 aromatic carbocycles. The van der Waals surface area contributed by atoms with Crippen molar-refractivity contribution in [1.29, 1.82) is 0 Å². The number of thioether (sulfide) groups is 1. The lowest BCUT2D eigenvalue weighted by molar-refractivity contribution is 0.827. The van der Waals surface area contributed by atoms with Crippen molar-refractivity contribution in [3.05, 3.63) is 22.7 Å². The van der Waals surface area contributed by atoms with Gasteiger partial charge in [0.05, 0.1) is 11.0 Å². The Bertz CT molecular complexity index is 545. The molecule has 0 spiro atoms. The first-order valence-corrected chi connectivity index (χ1v) is 8.01. The van der Waals surface area contributed by atoms with E-state index in [0.717, 1.165) is 39.3 Å². The molecule has 1 N–H and O–H groups in total. The fraction of sp³-hybridized carbons (Fsp3) is 0.385. The number of nitrogens with one attached hydrogen (secondary N) is 1. The highest BCUT2D eigenvalue weighted by atomic mass is 79.9. The van der Waals surface area contributed by atoms with E-state index in [0.29, 0.717) is 0 Å². The molecule has 0 aliphatic heterocycles. The number of nitrogens with zero attached hydrogens (tertiary/aromatic N) is 2. The number of aromatic nitrogens is 2. The minimum absolute atomic E-state index is 0.890. The maximum atomic E-state index is 4.65. The molecule has 18 heavy (non-hydrogen) atoms. The second-order valence-electron chi connectivity index (χ2n) is 3.99. The van der Waals surface area contributed by atoms with Crippen LogP contribution in [0.4, 0.5) is 5.82 Å². The van der Waals surface area contributed by atoms with Crippen LogP contribution in [-0.2, 0) is 0 Å². The van der Waals surface area contributed by atoms with Crippen molar-refractivity contribution in [2.75, 3.05) is 18.1 Å². The lowest BCUT2D eigenvalue weighted by atomic mass is 10.3. The van der Waals surface area contributed by atoms with Crippen LogP contribution in [0.3, 0.4) is 0 Å². The Kier molecular flexibility index (Phi) is 4.83. The van der Waals surface area contributed by atoms with Crippen molar-refractivity contribution in [2.24, 2.45) is 0 Å². The molecule has 1 heterocycles. The summed E-state index contributed by atoms with van der Waals surface area (Å²) < 4.78 is 1.03. The minimum atomic E-state index is 0.890. The van der Waals surface area contributed by atoms with Crippen LogP contribution >= 0.6 is 27.7 Å². The van der Waals surface area contributed by atoms with Gasteiger partial charge in [0.2, 0.25) is 0 Å². The third-order valence-corrected chi connectivity index (χ3v) is 3.77. The van der Waals surface area contributed by atoms with E-state index in [1.165, 1.54) is 6.42 Å². The number of benzene rings is 1. The van der Waals surface area contributed by atoms with Gasteiger partial charge in [0.1, 0.15) is 5.03 Å². The van der Waals surface area contributed by atoms with Gasteiger partial charge >= 0.3 is 0 Å². The van der Waals surface area contributed by atoms with E-state index in [9.17, 15) is 0 Å². The summed E-state index contributed by atoms with van der Waals surface area (Å²) in [7, 11) is 0. The van der Waals surface area contributed by atoms with Crippen LogP contribution < -0.4 is 5.32 Å². The zero-order valence-corrected chi connectivity index (χ0v) is 12.9. The van der Waals surface area contributed by atoms with Gasteiger partial charge in [-0.2, -0.15) is 0 Å². The molecule has 0 unspecified atom stereocenters. The summed E-state index contributed by atoms with van der Waals surface area (Å²) in [5, 5.41) is 4.33. The number of rotatable bonds is 5. The molecule has 5 heteroatoms. The molecule has 2 rings (SSSR count). The third kappa shape index (κ3) is 3.14. The molecule has 0 fully saturated rings. The average Bonchev–Trinajstić information content (AvgIpc) is 2.38. The van der Waals surface area contributed by atoms with Gasteiger partial charge in [-0.3, -0.25) is 0 Å². The van der Waals surface area contributed by atoms with Gasteiger partial charge in [-0.05, 0) is 30.9 Å².